The maximum Gasteiger partial charge on any atom is 0.0546 e. The van der Waals surface area contributed by atoms with E-state index >= 15 is 0 Å². The zero-order valence-corrected chi connectivity index (χ0v) is 32.5. The summed E-state index contributed by atoms with van der Waals surface area (Å²) in [6.45, 7) is 0. The molecule has 0 spiro atoms. The van der Waals surface area contributed by atoms with E-state index in [0.29, 0.717) is 0 Å². The highest BCUT2D eigenvalue weighted by molar-refractivity contribution is 6.08. The summed E-state index contributed by atoms with van der Waals surface area (Å²) in [6, 6.07) is 86.5. The Hall–Kier alpha value is -7.74. The van der Waals surface area contributed by atoms with Crippen LogP contribution in [-0.4, -0.2) is 0 Å². The van der Waals surface area contributed by atoms with Crippen molar-refractivity contribution in [1.29, 1.82) is 0 Å². The predicted molar refractivity (Wildman–Crippen MR) is 253 cm³/mol. The Morgan fingerprint density at radius 3 is 1.42 bits per heavy atom. The predicted octanol–water partition coefficient (Wildman–Crippen LogP) is 16.4. The van der Waals surface area contributed by atoms with E-state index in [1.165, 1.54) is 82.0 Å². The highest BCUT2D eigenvalue weighted by Crippen LogP contribution is 2.44. The van der Waals surface area contributed by atoms with Crippen molar-refractivity contribution in [3.63, 3.8) is 0 Å². The van der Waals surface area contributed by atoms with Crippen LogP contribution in [-0.2, 0) is 0 Å². The second-order valence-corrected chi connectivity index (χ2v) is 15.4. The minimum absolute atomic E-state index is 1.09. The third kappa shape index (κ3) is 6.49. The summed E-state index contributed by atoms with van der Waals surface area (Å²) in [7, 11) is 0. The maximum atomic E-state index is 2.44. The first-order valence-electron chi connectivity index (χ1n) is 20.3. The molecule has 0 radical (unpaired) electrons. The number of fused-ring (bicyclic) bond motifs is 5. The number of hydrogen-bond donors (Lipinski definition) is 0. The molecule has 0 saturated carbocycles. The average Bonchev–Trinajstić information content (AvgIpc) is 3.31. The van der Waals surface area contributed by atoms with Crippen molar-refractivity contribution < 1.29 is 0 Å². The molecule has 11 aromatic carbocycles. The molecule has 11 rings (SSSR count). The second-order valence-electron chi connectivity index (χ2n) is 15.4. The van der Waals surface area contributed by atoms with Crippen LogP contribution in [0.15, 0.2) is 237 Å². The van der Waals surface area contributed by atoms with Crippen LogP contribution in [0.4, 0.5) is 17.1 Å². The Balaban J connectivity index is 1.08. The SMILES string of the molecule is c1ccc(-c2ccc(-c3ccc4ccccc4c3)cc2N(c2ccc(-c3ccc4c(ccc5ccccc54)c3)cc2)c2cccc(-c3ccc4ccccc4c3)c2)cc1. The fraction of sp³-hybridized carbons (Fsp3) is 0. The first-order chi connectivity index (χ1) is 29.2. The van der Waals surface area contributed by atoms with Crippen molar-refractivity contribution in [2.24, 2.45) is 0 Å². The van der Waals surface area contributed by atoms with Crippen molar-refractivity contribution >= 4 is 60.2 Å². The quantitative estimate of drug-likeness (QED) is 0.147. The monoisotopic (exact) mass is 749 g/mol. The standard InChI is InChI=1S/C58H39N/c1-2-13-43(14-3-1)57-34-30-51(50-25-22-41-12-5-7-17-46(41)36-50)39-58(57)59(54-19-10-18-47(38-54)49-24-21-40-11-4-6-16-45(40)35-49)53-31-27-42(28-32-53)48-29-33-56-52(37-48)26-23-44-15-8-9-20-55(44)56/h1-39H. The van der Waals surface area contributed by atoms with Crippen molar-refractivity contribution in [1.82, 2.24) is 0 Å². The van der Waals surface area contributed by atoms with E-state index in [-0.39, 0.29) is 0 Å². The first kappa shape index (κ1) is 34.5. The highest BCUT2D eigenvalue weighted by atomic mass is 15.1. The summed E-state index contributed by atoms with van der Waals surface area (Å²) in [5.74, 6) is 0. The van der Waals surface area contributed by atoms with E-state index in [1.54, 1.807) is 0 Å². The number of hydrogen-bond acceptors (Lipinski definition) is 1. The Morgan fingerprint density at radius 2 is 0.695 bits per heavy atom. The third-order valence-electron chi connectivity index (χ3n) is 11.8. The smallest absolute Gasteiger partial charge is 0.0546 e. The minimum atomic E-state index is 1.09. The lowest BCUT2D eigenvalue weighted by atomic mass is 9.95. The molecule has 0 aliphatic rings. The van der Waals surface area contributed by atoms with Crippen LogP contribution in [0.25, 0.3) is 87.6 Å². The van der Waals surface area contributed by atoms with Gasteiger partial charge in [-0.3, -0.25) is 0 Å². The van der Waals surface area contributed by atoms with Crippen LogP contribution in [0, 0.1) is 0 Å². The molecular formula is C58H39N. The normalized spacial score (nSPS) is 11.4. The highest BCUT2D eigenvalue weighted by Gasteiger charge is 2.20. The number of rotatable bonds is 7. The van der Waals surface area contributed by atoms with Gasteiger partial charge in [-0.1, -0.05) is 188 Å². The summed E-state index contributed by atoms with van der Waals surface area (Å²) >= 11 is 0. The molecule has 0 atom stereocenters. The van der Waals surface area contributed by atoms with Gasteiger partial charge in [-0.15, -0.1) is 0 Å². The Kier molecular flexibility index (Phi) is 8.56. The lowest BCUT2D eigenvalue weighted by Crippen LogP contribution is -2.11. The van der Waals surface area contributed by atoms with Crippen LogP contribution in [0.1, 0.15) is 0 Å². The van der Waals surface area contributed by atoms with E-state index in [9.17, 15) is 0 Å². The van der Waals surface area contributed by atoms with Gasteiger partial charge in [0.25, 0.3) is 0 Å². The van der Waals surface area contributed by atoms with Crippen LogP contribution in [0.5, 0.6) is 0 Å². The van der Waals surface area contributed by atoms with E-state index in [1.807, 2.05) is 0 Å². The van der Waals surface area contributed by atoms with Gasteiger partial charge in [-0.2, -0.15) is 0 Å². The molecule has 11 aromatic rings. The van der Waals surface area contributed by atoms with Crippen LogP contribution in [0.3, 0.4) is 0 Å². The topological polar surface area (TPSA) is 3.24 Å². The van der Waals surface area contributed by atoms with E-state index < -0.39 is 0 Å². The summed E-state index contributed by atoms with van der Waals surface area (Å²) in [5, 5.41) is 10.0. The molecule has 0 saturated heterocycles. The Labute approximate surface area is 344 Å². The average molecular weight is 750 g/mol. The van der Waals surface area contributed by atoms with E-state index in [2.05, 4.69) is 241 Å². The maximum absolute atomic E-state index is 2.44. The van der Waals surface area contributed by atoms with Gasteiger partial charge in [-0.05, 0) is 131 Å². The molecule has 0 heterocycles. The molecule has 1 heteroatoms. The Morgan fingerprint density at radius 1 is 0.220 bits per heavy atom. The molecule has 0 bridgehead atoms. The van der Waals surface area contributed by atoms with Crippen LogP contribution in [0.2, 0.25) is 0 Å². The fourth-order valence-corrected chi connectivity index (χ4v) is 8.74. The molecule has 0 N–H and O–H groups in total. The summed E-state index contributed by atoms with van der Waals surface area (Å²) < 4.78 is 0. The van der Waals surface area contributed by atoms with Gasteiger partial charge in [-0.25, -0.2) is 0 Å². The summed E-state index contributed by atoms with van der Waals surface area (Å²) in [5.41, 5.74) is 12.7. The van der Waals surface area contributed by atoms with Crippen molar-refractivity contribution in [3.8, 4) is 44.5 Å². The summed E-state index contributed by atoms with van der Waals surface area (Å²) in [6.07, 6.45) is 0. The van der Waals surface area contributed by atoms with Gasteiger partial charge < -0.3 is 4.90 Å². The van der Waals surface area contributed by atoms with Crippen molar-refractivity contribution in [2.45, 2.75) is 0 Å². The number of benzene rings is 11. The molecule has 59 heavy (non-hydrogen) atoms. The number of anilines is 3. The molecule has 0 unspecified atom stereocenters. The van der Waals surface area contributed by atoms with E-state index in [4.69, 9.17) is 0 Å². The molecule has 0 aliphatic carbocycles. The lowest BCUT2D eigenvalue weighted by Gasteiger charge is -2.29. The Bertz CT molecular complexity index is 3320. The molecule has 0 aliphatic heterocycles. The molecule has 0 amide bonds. The zero-order chi connectivity index (χ0) is 39.1. The van der Waals surface area contributed by atoms with Crippen LogP contribution < -0.4 is 4.90 Å². The van der Waals surface area contributed by atoms with Crippen molar-refractivity contribution in [2.75, 3.05) is 4.90 Å². The summed E-state index contributed by atoms with van der Waals surface area (Å²) in [4.78, 5) is 2.44. The molecule has 276 valence electrons. The van der Waals surface area contributed by atoms with Gasteiger partial charge in [0.15, 0.2) is 0 Å². The van der Waals surface area contributed by atoms with Gasteiger partial charge in [0.05, 0.1) is 5.69 Å². The van der Waals surface area contributed by atoms with Crippen molar-refractivity contribution in [3.05, 3.63) is 237 Å². The lowest BCUT2D eigenvalue weighted by molar-refractivity contribution is 1.28. The largest absolute Gasteiger partial charge is 0.310 e. The van der Waals surface area contributed by atoms with Gasteiger partial charge in [0.1, 0.15) is 0 Å². The molecule has 0 aromatic heterocycles. The zero-order valence-electron chi connectivity index (χ0n) is 32.5. The minimum Gasteiger partial charge on any atom is -0.310 e. The molecule has 1 nitrogen and oxygen atoms in total. The second kappa shape index (κ2) is 14.6. The molecular weight excluding hydrogens is 711 g/mol. The van der Waals surface area contributed by atoms with Gasteiger partial charge in [0, 0.05) is 16.9 Å². The van der Waals surface area contributed by atoms with Crippen LogP contribution >= 0.6 is 0 Å². The third-order valence-corrected chi connectivity index (χ3v) is 11.8. The molecule has 0 fully saturated rings. The fourth-order valence-electron chi connectivity index (χ4n) is 8.74. The van der Waals surface area contributed by atoms with Gasteiger partial charge in [0.2, 0.25) is 0 Å². The number of nitrogens with zero attached hydrogens (tertiary/aromatic N) is 1. The first-order valence-corrected chi connectivity index (χ1v) is 20.3. The van der Waals surface area contributed by atoms with Gasteiger partial charge >= 0.3 is 0 Å². The van der Waals surface area contributed by atoms with E-state index in [0.717, 1.165) is 22.6 Å².